The molecule has 0 bridgehead atoms. The zero-order valence-electron chi connectivity index (χ0n) is 20.2. The van der Waals surface area contributed by atoms with Crippen LogP contribution in [-0.4, -0.2) is 30.0 Å². The minimum atomic E-state index is -4.68. The molecule has 0 radical (unpaired) electrons. The second-order valence-electron chi connectivity index (χ2n) is 8.49. The summed E-state index contributed by atoms with van der Waals surface area (Å²) < 4.78 is 44.0. The third-order valence-corrected chi connectivity index (χ3v) is 6.57. The van der Waals surface area contributed by atoms with E-state index in [2.05, 4.69) is 21.0 Å². The quantitative estimate of drug-likeness (QED) is 0.328. The number of carboxylic acid groups (broad SMARTS) is 1. The average Bonchev–Trinajstić information content (AvgIpc) is 3.26. The molecule has 2 heterocycles. The van der Waals surface area contributed by atoms with Crippen LogP contribution in [0.5, 0.6) is 0 Å². The van der Waals surface area contributed by atoms with Crippen LogP contribution in [0, 0.1) is 18.3 Å². The van der Waals surface area contributed by atoms with Gasteiger partial charge in [-0.2, -0.15) is 23.5 Å². The van der Waals surface area contributed by atoms with Crippen LogP contribution in [0.3, 0.4) is 0 Å². The highest BCUT2D eigenvalue weighted by Crippen LogP contribution is 2.33. The topological polar surface area (TPSA) is 123 Å². The molecular weight excluding hydrogens is 583 g/mol. The van der Waals surface area contributed by atoms with E-state index in [1.165, 1.54) is 23.9 Å². The molecule has 2 aromatic carbocycles. The second kappa shape index (κ2) is 10.7. The minimum absolute atomic E-state index is 0.0314. The van der Waals surface area contributed by atoms with Crippen LogP contribution in [0.2, 0.25) is 0 Å². The van der Waals surface area contributed by atoms with Crippen LogP contribution < -0.4 is 11.2 Å². The predicted molar refractivity (Wildman–Crippen MR) is 138 cm³/mol. The summed E-state index contributed by atoms with van der Waals surface area (Å²) >= 11 is 3.38. The normalized spacial score (nSPS) is 11.4. The number of benzene rings is 2. The van der Waals surface area contributed by atoms with E-state index < -0.39 is 29.0 Å². The molecule has 0 unspecified atom stereocenters. The molecular formula is C26H19BrF3N5O4. The molecule has 0 saturated heterocycles. The first-order valence-electron chi connectivity index (χ1n) is 11.4. The summed E-state index contributed by atoms with van der Waals surface area (Å²) in [5.41, 5.74) is -1.68. The number of hydrogen-bond acceptors (Lipinski definition) is 5. The van der Waals surface area contributed by atoms with Gasteiger partial charge in [0, 0.05) is 18.7 Å². The summed E-state index contributed by atoms with van der Waals surface area (Å²) in [5, 5.41) is 22.5. The van der Waals surface area contributed by atoms with Crippen molar-refractivity contribution in [3.63, 3.8) is 0 Å². The number of hydrogen-bond donors (Lipinski definition) is 1. The maximum absolute atomic E-state index is 13.7. The minimum Gasteiger partial charge on any atom is -0.481 e. The van der Waals surface area contributed by atoms with E-state index in [9.17, 15) is 27.6 Å². The molecule has 1 N–H and O–H groups in total. The molecule has 13 heteroatoms. The van der Waals surface area contributed by atoms with Crippen molar-refractivity contribution in [1.29, 1.82) is 5.26 Å². The number of halogens is 4. The maximum Gasteiger partial charge on any atom is 0.416 e. The molecule has 0 amide bonds. The first kappa shape index (κ1) is 27.6. The Morgan fingerprint density at radius 1 is 1.13 bits per heavy atom. The molecule has 4 rings (SSSR count). The number of rotatable bonds is 7. The lowest BCUT2D eigenvalue weighted by Gasteiger charge is -2.19. The predicted octanol–water partition coefficient (Wildman–Crippen LogP) is 4.68. The van der Waals surface area contributed by atoms with E-state index in [4.69, 9.17) is 10.4 Å². The van der Waals surface area contributed by atoms with Crippen molar-refractivity contribution < 1.29 is 23.1 Å². The SMILES string of the molecule is Cc1c(-c2c(Br)cnn2-c2ccc(C#N)cc2)c(=O)n(CCCC(=O)O)c(=O)n1-c1cccc(C(F)(F)F)c1. The largest absolute Gasteiger partial charge is 0.481 e. The lowest BCUT2D eigenvalue weighted by molar-refractivity contribution is -0.138. The zero-order chi connectivity index (χ0) is 28.5. The summed E-state index contributed by atoms with van der Waals surface area (Å²) in [6, 6.07) is 12.4. The van der Waals surface area contributed by atoms with Gasteiger partial charge in [0.2, 0.25) is 0 Å². The van der Waals surface area contributed by atoms with Crippen molar-refractivity contribution >= 4 is 21.9 Å². The monoisotopic (exact) mass is 601 g/mol. The summed E-state index contributed by atoms with van der Waals surface area (Å²) in [4.78, 5) is 38.3. The molecule has 0 spiro atoms. The molecule has 0 saturated carbocycles. The van der Waals surface area contributed by atoms with Gasteiger partial charge in [-0.1, -0.05) is 6.07 Å². The Morgan fingerprint density at radius 2 is 1.82 bits per heavy atom. The van der Waals surface area contributed by atoms with E-state index in [0.29, 0.717) is 15.7 Å². The van der Waals surface area contributed by atoms with Gasteiger partial charge in [-0.05, 0) is 71.7 Å². The lowest BCUT2D eigenvalue weighted by atomic mass is 10.1. The third kappa shape index (κ3) is 5.42. The van der Waals surface area contributed by atoms with Crippen LogP contribution in [0.4, 0.5) is 13.2 Å². The van der Waals surface area contributed by atoms with Gasteiger partial charge in [-0.25, -0.2) is 9.48 Å². The number of aromatic nitrogens is 4. The second-order valence-corrected chi connectivity index (χ2v) is 9.35. The van der Waals surface area contributed by atoms with E-state index in [1.54, 1.807) is 24.3 Å². The standard InChI is InChI=1S/C26H19BrF3N5O4/c1-15-22(23-20(27)14-32-35(23)18-9-7-16(13-31)8-10-18)24(38)33(11-3-6-21(36)37)25(39)34(15)19-5-2-4-17(12-19)26(28,29)30/h2,4-5,7-10,12,14H,3,6,11H2,1H3,(H,36,37). The first-order chi connectivity index (χ1) is 18.4. The van der Waals surface area contributed by atoms with Crippen molar-refractivity contribution in [3.8, 4) is 28.7 Å². The number of nitrogens with zero attached hydrogens (tertiary/aromatic N) is 5. The Morgan fingerprint density at radius 3 is 2.44 bits per heavy atom. The van der Waals surface area contributed by atoms with E-state index in [1.807, 2.05) is 6.07 Å². The van der Waals surface area contributed by atoms with Gasteiger partial charge in [0.25, 0.3) is 5.56 Å². The molecule has 39 heavy (non-hydrogen) atoms. The Bertz CT molecular complexity index is 1730. The number of nitriles is 1. The van der Waals surface area contributed by atoms with Crippen LogP contribution >= 0.6 is 15.9 Å². The van der Waals surface area contributed by atoms with Gasteiger partial charge < -0.3 is 5.11 Å². The van der Waals surface area contributed by atoms with Crippen molar-refractivity contribution in [1.82, 2.24) is 18.9 Å². The van der Waals surface area contributed by atoms with Crippen LogP contribution in [-0.2, 0) is 17.5 Å². The molecule has 0 aliphatic heterocycles. The molecule has 0 fully saturated rings. The van der Waals surface area contributed by atoms with Gasteiger partial charge in [0.05, 0.1) is 50.5 Å². The summed E-state index contributed by atoms with van der Waals surface area (Å²) in [5.74, 6) is -1.13. The number of carboxylic acids is 1. The van der Waals surface area contributed by atoms with Crippen molar-refractivity contribution in [3.05, 3.63) is 96.9 Å². The van der Waals surface area contributed by atoms with Gasteiger partial charge in [-0.3, -0.25) is 18.7 Å². The Labute approximate surface area is 227 Å². The number of alkyl halides is 3. The number of aliphatic carboxylic acids is 1. The lowest BCUT2D eigenvalue weighted by Crippen LogP contribution is -2.42. The smallest absolute Gasteiger partial charge is 0.416 e. The third-order valence-electron chi connectivity index (χ3n) is 5.98. The average molecular weight is 602 g/mol. The molecule has 0 aliphatic carbocycles. The maximum atomic E-state index is 13.7. The molecule has 4 aromatic rings. The molecule has 2 aromatic heterocycles. The van der Waals surface area contributed by atoms with E-state index in [-0.39, 0.29) is 42.0 Å². The fourth-order valence-electron chi connectivity index (χ4n) is 4.16. The Balaban J connectivity index is 2.03. The Hall–Kier alpha value is -4.44. The summed E-state index contributed by atoms with van der Waals surface area (Å²) in [6.45, 7) is 1.15. The highest BCUT2D eigenvalue weighted by atomic mass is 79.9. The van der Waals surface area contributed by atoms with Crippen LogP contribution in [0.15, 0.2) is 68.8 Å². The highest BCUT2D eigenvalue weighted by Gasteiger charge is 2.31. The fraction of sp³-hybridized carbons (Fsp3) is 0.192. The van der Waals surface area contributed by atoms with Crippen molar-refractivity contribution in [2.75, 3.05) is 0 Å². The zero-order valence-corrected chi connectivity index (χ0v) is 21.8. The van der Waals surface area contributed by atoms with Crippen molar-refractivity contribution in [2.45, 2.75) is 32.5 Å². The van der Waals surface area contributed by atoms with E-state index >= 15 is 0 Å². The molecule has 0 aliphatic rings. The van der Waals surface area contributed by atoms with Gasteiger partial charge in [0.1, 0.15) is 0 Å². The van der Waals surface area contributed by atoms with Crippen molar-refractivity contribution in [2.24, 2.45) is 0 Å². The molecule has 0 atom stereocenters. The van der Waals surface area contributed by atoms with Gasteiger partial charge in [0.15, 0.2) is 0 Å². The van der Waals surface area contributed by atoms with Crippen LogP contribution in [0.1, 0.15) is 29.7 Å². The fourth-order valence-corrected chi connectivity index (χ4v) is 4.62. The van der Waals surface area contributed by atoms with E-state index in [0.717, 1.165) is 27.3 Å². The Kier molecular flexibility index (Phi) is 7.60. The van der Waals surface area contributed by atoms with Gasteiger partial charge >= 0.3 is 17.8 Å². The highest BCUT2D eigenvalue weighted by molar-refractivity contribution is 9.10. The number of carbonyl (C=O) groups is 1. The summed E-state index contributed by atoms with van der Waals surface area (Å²) in [6.07, 6.45) is -3.65. The summed E-state index contributed by atoms with van der Waals surface area (Å²) in [7, 11) is 0. The van der Waals surface area contributed by atoms with Crippen LogP contribution in [0.25, 0.3) is 22.6 Å². The molecule has 200 valence electrons. The van der Waals surface area contributed by atoms with Gasteiger partial charge in [-0.15, -0.1) is 0 Å². The molecule has 9 nitrogen and oxygen atoms in total. The first-order valence-corrected chi connectivity index (χ1v) is 12.2.